The lowest BCUT2D eigenvalue weighted by atomic mass is 10.3. The molecule has 3 aromatic heterocycles. The van der Waals surface area contributed by atoms with Crippen LogP contribution in [0.25, 0.3) is 0 Å². The van der Waals surface area contributed by atoms with Crippen molar-refractivity contribution in [1.82, 2.24) is 15.0 Å². The van der Waals surface area contributed by atoms with E-state index in [1.165, 1.54) is 6.20 Å². The first kappa shape index (κ1) is 42.9. The number of hydrogen-bond donors (Lipinski definition) is 3. The van der Waals surface area contributed by atoms with Crippen molar-refractivity contribution in [2.45, 2.75) is 0 Å². The van der Waals surface area contributed by atoms with E-state index < -0.39 is 0 Å². The highest BCUT2D eigenvalue weighted by molar-refractivity contribution is 9.13. The fraction of sp³-hybridized carbons (Fsp3) is 0. The molecule has 0 bridgehead atoms. The van der Waals surface area contributed by atoms with E-state index in [9.17, 15) is 0 Å². The van der Waals surface area contributed by atoms with Crippen LogP contribution in [0.4, 0.5) is 17.1 Å². The van der Waals surface area contributed by atoms with Crippen molar-refractivity contribution in [1.29, 1.82) is 0 Å². The van der Waals surface area contributed by atoms with Gasteiger partial charge in [0.1, 0.15) is 34.5 Å². The summed E-state index contributed by atoms with van der Waals surface area (Å²) in [7, 11) is 0. The number of nitrogens with zero attached hydrogens (tertiary/aromatic N) is 3. The fourth-order valence-electron chi connectivity index (χ4n) is 3.63. The topological polar surface area (TPSA) is 144 Å². The zero-order valence-electron chi connectivity index (χ0n) is 25.7. The van der Waals surface area contributed by atoms with Crippen molar-refractivity contribution in [2.75, 3.05) is 17.2 Å². The predicted octanol–water partition coefficient (Wildman–Crippen LogP) is 14.7. The van der Waals surface area contributed by atoms with Crippen LogP contribution in [0, 0.1) is 0 Å². The van der Waals surface area contributed by atoms with Gasteiger partial charge < -0.3 is 31.4 Å². The molecule has 19 heteroatoms. The minimum absolute atomic E-state index is 0.511. The molecule has 9 nitrogen and oxygen atoms in total. The molecule has 52 heavy (non-hydrogen) atoms. The summed E-state index contributed by atoms with van der Waals surface area (Å²) in [6, 6.07) is 13.9. The molecule has 0 spiro atoms. The van der Waals surface area contributed by atoms with Crippen LogP contribution in [0.3, 0.4) is 0 Å². The molecule has 0 atom stereocenters. The first-order valence-corrected chi connectivity index (χ1v) is 20.6. The lowest BCUT2D eigenvalue weighted by Crippen LogP contribution is -1.93. The van der Waals surface area contributed by atoms with Crippen molar-refractivity contribution in [3.63, 3.8) is 0 Å². The molecule has 0 aliphatic rings. The highest BCUT2D eigenvalue weighted by atomic mass is 79.9. The van der Waals surface area contributed by atoms with E-state index in [1.54, 1.807) is 79.5 Å². The van der Waals surface area contributed by atoms with Gasteiger partial charge in [-0.3, -0.25) is 15.0 Å². The van der Waals surface area contributed by atoms with Gasteiger partial charge in [-0.1, -0.05) is 34.8 Å². The first-order valence-electron chi connectivity index (χ1n) is 13.9. The molecule has 6 aromatic rings. The second kappa shape index (κ2) is 20.2. The maximum Gasteiger partial charge on any atom is 0.147 e. The number of nitrogens with two attached hydrogens (primary N) is 3. The zero-order valence-corrected chi connectivity index (χ0v) is 39.0. The van der Waals surface area contributed by atoms with Crippen LogP contribution in [0.2, 0.25) is 15.1 Å². The number of aromatic nitrogens is 3. The second-order valence-corrected chi connectivity index (χ2v) is 16.9. The zero-order chi connectivity index (χ0) is 38.1. The Hall–Kier alpha value is -1.86. The highest BCUT2D eigenvalue weighted by Gasteiger charge is 2.14. The summed E-state index contributed by atoms with van der Waals surface area (Å²) in [6.07, 6.45) is 9.38. The lowest BCUT2D eigenvalue weighted by Gasteiger charge is -2.11. The van der Waals surface area contributed by atoms with Crippen LogP contribution in [0.5, 0.6) is 34.5 Å². The molecule has 0 saturated heterocycles. The predicted molar refractivity (Wildman–Crippen MR) is 234 cm³/mol. The highest BCUT2D eigenvalue weighted by Crippen LogP contribution is 2.43. The Morgan fingerprint density at radius 2 is 0.865 bits per heavy atom. The van der Waals surface area contributed by atoms with Gasteiger partial charge in [-0.25, -0.2) is 0 Å². The third kappa shape index (κ3) is 12.3. The van der Waals surface area contributed by atoms with Crippen LogP contribution in [0.1, 0.15) is 0 Å². The van der Waals surface area contributed by atoms with Crippen molar-refractivity contribution >= 4 is 163 Å². The van der Waals surface area contributed by atoms with Crippen molar-refractivity contribution < 1.29 is 14.2 Å². The Kier molecular flexibility index (Phi) is 16.6. The third-order valence-corrected chi connectivity index (χ3v) is 12.9. The summed E-state index contributed by atoms with van der Waals surface area (Å²) >= 11 is 41.1. The Morgan fingerprint density at radius 3 is 1.37 bits per heavy atom. The summed E-state index contributed by atoms with van der Waals surface area (Å²) in [6.45, 7) is 0. The molecule has 0 saturated carbocycles. The van der Waals surface area contributed by atoms with Gasteiger partial charge in [0.25, 0.3) is 0 Å². The number of ether oxygens (including phenoxy) is 3. The van der Waals surface area contributed by atoms with Gasteiger partial charge in [0.2, 0.25) is 0 Å². The second-order valence-electron chi connectivity index (χ2n) is 9.81. The van der Waals surface area contributed by atoms with Gasteiger partial charge in [-0.05, 0) is 142 Å². The quantitative estimate of drug-likeness (QED) is 0.110. The van der Waals surface area contributed by atoms with E-state index in [2.05, 4.69) is 126 Å². The van der Waals surface area contributed by atoms with Gasteiger partial charge in [0.15, 0.2) is 0 Å². The number of halogens is 10. The van der Waals surface area contributed by atoms with Crippen LogP contribution < -0.4 is 31.4 Å². The molecule has 0 fully saturated rings. The van der Waals surface area contributed by atoms with E-state index in [0.717, 1.165) is 31.3 Å². The SMILES string of the molecule is Nc1c(Br)cc(Oc2cncc(Cl)c2)c(Br)c1Br.Nc1cc(Br)c(Oc2cncc(Cl)c2)cc1Br.Nc1ccc(Oc2cncc(Cl)c2)c(Br)c1Br. The fourth-order valence-corrected chi connectivity index (χ4v) is 7.15. The molecule has 0 aliphatic carbocycles. The third-order valence-electron chi connectivity index (χ3n) is 6.01. The minimum Gasteiger partial charge on any atom is -0.454 e. The number of nitrogen functional groups attached to an aromatic ring is 3. The molecule has 0 radical (unpaired) electrons. The van der Waals surface area contributed by atoms with Gasteiger partial charge >= 0.3 is 0 Å². The van der Waals surface area contributed by atoms with E-state index >= 15 is 0 Å². The number of anilines is 3. The molecule has 0 unspecified atom stereocenters. The molecule has 0 amide bonds. The number of benzene rings is 3. The molecule has 3 aromatic carbocycles. The molecular formula is C33H20Br7Cl3N6O3. The summed E-state index contributed by atoms with van der Waals surface area (Å²) in [4.78, 5) is 11.8. The van der Waals surface area contributed by atoms with Gasteiger partial charge in [0, 0.05) is 57.1 Å². The van der Waals surface area contributed by atoms with E-state index in [4.69, 9.17) is 66.2 Å². The van der Waals surface area contributed by atoms with Crippen molar-refractivity contribution in [3.8, 4) is 34.5 Å². The largest absolute Gasteiger partial charge is 0.454 e. The first-order chi connectivity index (χ1) is 24.6. The molecule has 3 heterocycles. The van der Waals surface area contributed by atoms with Crippen LogP contribution >= 0.6 is 146 Å². The van der Waals surface area contributed by atoms with Crippen LogP contribution in [-0.4, -0.2) is 15.0 Å². The standard InChI is InChI=1S/C11H6Br3ClN2O.2C11H7Br2ClN2O/c12-7-2-8(9(13)10(14)11(7)16)18-6-1-5(15)3-17-4-6;12-8-3-11(9(13)2-10(8)15)17-7-1-6(14)4-16-5-7;12-10-8(15)1-2-9(11(10)13)17-7-3-6(14)4-16-5-7/h1-4H,16H2;2*1-5H,15H2. The van der Waals surface area contributed by atoms with Crippen molar-refractivity contribution in [2.24, 2.45) is 0 Å². The maximum atomic E-state index is 5.86. The smallest absolute Gasteiger partial charge is 0.147 e. The molecule has 6 N–H and O–H groups in total. The van der Waals surface area contributed by atoms with E-state index in [1.807, 2.05) is 0 Å². The van der Waals surface area contributed by atoms with E-state index in [0.29, 0.717) is 66.6 Å². The average molecular weight is 1210 g/mol. The van der Waals surface area contributed by atoms with Gasteiger partial charge in [-0.15, -0.1) is 0 Å². The Labute approximate surface area is 372 Å². The molecular weight excluding hydrogens is 1190 g/mol. The molecule has 6 rings (SSSR count). The number of rotatable bonds is 6. The summed E-state index contributed by atoms with van der Waals surface area (Å²) in [5.74, 6) is 3.55. The maximum absolute atomic E-state index is 5.86. The van der Waals surface area contributed by atoms with Gasteiger partial charge in [0.05, 0.1) is 61.7 Å². The monoisotopic (exact) mass is 1210 g/mol. The minimum atomic E-state index is 0.511. The number of hydrogen-bond acceptors (Lipinski definition) is 9. The average Bonchev–Trinajstić information content (AvgIpc) is 3.09. The Bertz CT molecular complexity index is 2180. The Morgan fingerprint density at radius 1 is 0.423 bits per heavy atom. The number of pyridine rings is 3. The van der Waals surface area contributed by atoms with Gasteiger partial charge in [-0.2, -0.15) is 0 Å². The normalized spacial score (nSPS) is 10.3. The van der Waals surface area contributed by atoms with Crippen molar-refractivity contribution in [3.05, 3.63) is 132 Å². The van der Waals surface area contributed by atoms with E-state index in [-0.39, 0.29) is 0 Å². The molecule has 270 valence electrons. The lowest BCUT2D eigenvalue weighted by molar-refractivity contribution is 0.476. The van der Waals surface area contributed by atoms with Crippen LogP contribution in [-0.2, 0) is 0 Å². The summed E-state index contributed by atoms with van der Waals surface area (Å²) in [5, 5.41) is 1.55. The van der Waals surface area contributed by atoms with Crippen LogP contribution in [0.15, 0.2) is 117 Å². The Balaban J connectivity index is 0.000000175. The molecule has 0 aliphatic heterocycles. The summed E-state index contributed by atoms with van der Waals surface area (Å²) < 4.78 is 22.2. The summed E-state index contributed by atoms with van der Waals surface area (Å²) in [5.41, 5.74) is 19.2.